The molecule has 3 aliphatic rings. The number of carbonyl (C=O) groups excluding carboxylic acids is 9. The zero-order valence-corrected chi connectivity index (χ0v) is 29.4. The minimum absolute atomic E-state index is 0.127. The van der Waals surface area contributed by atoms with Crippen molar-refractivity contribution in [3.63, 3.8) is 0 Å². The number of carbonyl (C=O) groups is 9. The number of ether oxygens (including phenoxy) is 2. The lowest BCUT2D eigenvalue weighted by molar-refractivity contribution is -0.192. The van der Waals surface area contributed by atoms with Crippen LogP contribution in [0.15, 0.2) is 37.5 Å². The normalized spacial score (nSPS) is 14.1. The molecule has 3 heterocycles. The standard InChI is InChI=1S/C11H17N3O4.2C10H15N3O4/c1-8(2)10(16)18-7-9(15)12-3-5-14-6-4-13-11(14)17;1-3-9(15)17-13(8(2)14)7-6-12-5-4-11-10(12)16;1-2-9(15)17-7-8(14)11-3-5-13-6-4-12-10(13)16/h1,3-7H2,2H3,(H,12,15)(H,13,17);3H,1,4-7H2,2H3,(H,11,16);2H,1,3-7H2,(H,11,14)(H,12,16). The third-order valence-electron chi connectivity index (χ3n) is 6.73. The molecule has 0 bridgehead atoms. The monoisotopic (exact) mass is 737 g/mol. The van der Waals surface area contributed by atoms with Crippen molar-refractivity contribution in [2.24, 2.45) is 0 Å². The smallest absolute Gasteiger partial charge is 0.355 e. The molecular formula is C31H47N9O12. The number of amides is 9. The van der Waals surface area contributed by atoms with Crippen molar-refractivity contribution >= 4 is 53.7 Å². The van der Waals surface area contributed by atoms with Gasteiger partial charge in [-0.15, -0.1) is 0 Å². The third kappa shape index (κ3) is 18.0. The topological polar surface area (TPSA) is 254 Å². The number of hydrogen-bond donors (Lipinski definition) is 5. The zero-order chi connectivity index (χ0) is 39.1. The summed E-state index contributed by atoms with van der Waals surface area (Å²) in [5.41, 5.74) is 0.247. The van der Waals surface area contributed by atoms with Gasteiger partial charge in [-0.05, 0) is 6.92 Å². The van der Waals surface area contributed by atoms with Crippen LogP contribution < -0.4 is 26.6 Å². The van der Waals surface area contributed by atoms with Gasteiger partial charge in [-0.1, -0.05) is 19.7 Å². The van der Waals surface area contributed by atoms with Gasteiger partial charge in [0.25, 0.3) is 17.7 Å². The van der Waals surface area contributed by atoms with Gasteiger partial charge in [0.1, 0.15) is 0 Å². The van der Waals surface area contributed by atoms with E-state index in [1.54, 1.807) is 9.80 Å². The minimum Gasteiger partial charge on any atom is -0.452 e. The van der Waals surface area contributed by atoms with Gasteiger partial charge in [-0.2, -0.15) is 5.06 Å². The van der Waals surface area contributed by atoms with Crippen molar-refractivity contribution in [2.45, 2.75) is 13.8 Å². The minimum atomic E-state index is -0.703. The van der Waals surface area contributed by atoms with Gasteiger partial charge in [0.2, 0.25) is 0 Å². The molecule has 5 N–H and O–H groups in total. The fourth-order valence-corrected chi connectivity index (χ4v) is 4.01. The van der Waals surface area contributed by atoms with Gasteiger partial charge in [0.15, 0.2) is 13.2 Å². The summed E-state index contributed by atoms with van der Waals surface area (Å²) >= 11 is 0. The maximum atomic E-state index is 11.3. The summed E-state index contributed by atoms with van der Waals surface area (Å²) < 4.78 is 9.20. The molecule has 0 saturated carbocycles. The summed E-state index contributed by atoms with van der Waals surface area (Å²) in [4.78, 5) is 109. The maximum absolute atomic E-state index is 11.3. The van der Waals surface area contributed by atoms with E-state index >= 15 is 0 Å². The van der Waals surface area contributed by atoms with Crippen LogP contribution in [0.3, 0.4) is 0 Å². The van der Waals surface area contributed by atoms with Crippen molar-refractivity contribution < 1.29 is 57.5 Å². The molecule has 0 spiro atoms. The van der Waals surface area contributed by atoms with Crippen LogP contribution in [0.1, 0.15) is 13.8 Å². The van der Waals surface area contributed by atoms with E-state index in [9.17, 15) is 43.2 Å². The predicted molar refractivity (Wildman–Crippen MR) is 182 cm³/mol. The number of rotatable bonds is 16. The van der Waals surface area contributed by atoms with Gasteiger partial charge in [0, 0.05) is 96.6 Å². The number of urea groups is 3. The highest BCUT2D eigenvalue weighted by Crippen LogP contribution is 2.00. The second kappa shape index (κ2) is 24.1. The van der Waals surface area contributed by atoms with Crippen molar-refractivity contribution in [3.05, 3.63) is 37.5 Å². The summed E-state index contributed by atoms with van der Waals surface area (Å²) in [7, 11) is 0. The molecule has 0 radical (unpaired) electrons. The van der Waals surface area contributed by atoms with Gasteiger partial charge >= 0.3 is 36.0 Å². The molecule has 21 heteroatoms. The SMILES string of the molecule is C=C(C)C(=O)OCC(=O)NCCN1CCNC1=O.C=CC(=O)OCC(=O)NCCN1CCNC1=O.C=CC(=O)ON(CCN1CCNC1=O)C(C)=O. The molecule has 21 nitrogen and oxygen atoms in total. The zero-order valence-electron chi connectivity index (χ0n) is 29.4. The van der Waals surface area contributed by atoms with Crippen LogP contribution in [-0.4, -0.2) is 165 Å². The molecular weight excluding hydrogens is 690 g/mol. The van der Waals surface area contributed by atoms with E-state index in [0.717, 1.165) is 17.2 Å². The van der Waals surface area contributed by atoms with Crippen LogP contribution >= 0.6 is 0 Å². The average Bonchev–Trinajstić information content (AvgIpc) is 3.85. The summed E-state index contributed by atoms with van der Waals surface area (Å²) in [6.45, 7) is 17.6. The third-order valence-corrected chi connectivity index (χ3v) is 6.73. The summed E-state index contributed by atoms with van der Waals surface area (Å²) in [6.07, 6.45) is 1.96. The van der Waals surface area contributed by atoms with Crippen LogP contribution in [0.2, 0.25) is 0 Å². The summed E-state index contributed by atoms with van der Waals surface area (Å²) in [5.74, 6) is -3.14. The van der Waals surface area contributed by atoms with Crippen molar-refractivity contribution in [2.75, 3.05) is 91.8 Å². The van der Waals surface area contributed by atoms with E-state index in [4.69, 9.17) is 4.84 Å². The van der Waals surface area contributed by atoms with Gasteiger partial charge < -0.3 is 55.6 Å². The molecule has 3 fully saturated rings. The maximum Gasteiger partial charge on any atom is 0.355 e. The number of hydrogen-bond acceptors (Lipinski definition) is 12. The Morgan fingerprint density at radius 2 is 1.13 bits per heavy atom. The Kier molecular flexibility index (Phi) is 20.3. The molecule has 288 valence electrons. The number of nitrogens with one attached hydrogen (secondary N) is 5. The lowest BCUT2D eigenvalue weighted by Crippen LogP contribution is -2.39. The van der Waals surface area contributed by atoms with Crippen LogP contribution in [0.4, 0.5) is 14.4 Å². The first-order valence-electron chi connectivity index (χ1n) is 16.0. The van der Waals surface area contributed by atoms with Gasteiger partial charge in [-0.3, -0.25) is 14.4 Å². The van der Waals surface area contributed by atoms with E-state index in [-0.39, 0.29) is 43.4 Å². The Bertz CT molecular complexity index is 1350. The largest absolute Gasteiger partial charge is 0.452 e. The first kappa shape index (κ1) is 43.9. The molecule has 0 aromatic heterocycles. The lowest BCUT2D eigenvalue weighted by atomic mass is 10.4. The molecule has 52 heavy (non-hydrogen) atoms. The molecule has 9 amide bonds. The molecule has 3 rings (SSSR count). The highest BCUT2D eigenvalue weighted by molar-refractivity contribution is 5.89. The van der Waals surface area contributed by atoms with Gasteiger partial charge in [-0.25, -0.2) is 28.8 Å². The molecule has 3 saturated heterocycles. The van der Waals surface area contributed by atoms with Crippen molar-refractivity contribution in [1.29, 1.82) is 0 Å². The van der Waals surface area contributed by atoms with Crippen LogP contribution in [0.25, 0.3) is 0 Å². The predicted octanol–water partition coefficient (Wildman–Crippen LogP) is -2.39. The second-order valence-electron chi connectivity index (χ2n) is 10.8. The number of esters is 2. The number of nitrogens with zero attached hydrogens (tertiary/aromatic N) is 4. The van der Waals surface area contributed by atoms with Crippen molar-refractivity contribution in [1.82, 2.24) is 46.3 Å². The molecule has 0 unspecified atom stereocenters. The average molecular weight is 738 g/mol. The second-order valence-corrected chi connectivity index (χ2v) is 10.8. The molecule has 0 atom stereocenters. The fraction of sp³-hybridized carbons (Fsp3) is 0.516. The van der Waals surface area contributed by atoms with Crippen LogP contribution in [0, 0.1) is 0 Å². The van der Waals surface area contributed by atoms with Crippen LogP contribution in [0.5, 0.6) is 0 Å². The van der Waals surface area contributed by atoms with E-state index in [0.29, 0.717) is 72.0 Å². The molecule has 0 aromatic carbocycles. The fourth-order valence-electron chi connectivity index (χ4n) is 4.01. The Morgan fingerprint density at radius 3 is 1.50 bits per heavy atom. The highest BCUT2D eigenvalue weighted by Gasteiger charge is 2.22. The first-order chi connectivity index (χ1) is 24.7. The van der Waals surface area contributed by atoms with Crippen LogP contribution in [-0.2, 0) is 43.1 Å². The van der Waals surface area contributed by atoms with E-state index in [1.165, 1.54) is 18.7 Å². The van der Waals surface area contributed by atoms with Crippen molar-refractivity contribution in [3.8, 4) is 0 Å². The Labute approximate surface area is 300 Å². The van der Waals surface area contributed by atoms with Gasteiger partial charge in [0.05, 0.1) is 6.54 Å². The molecule has 0 aromatic rings. The number of hydroxylamine groups is 2. The van der Waals surface area contributed by atoms with E-state index in [1.807, 2.05) is 0 Å². The Balaban J connectivity index is 0.000000390. The summed E-state index contributed by atoms with van der Waals surface area (Å²) in [5, 5.41) is 13.9. The van der Waals surface area contributed by atoms with E-state index < -0.39 is 35.6 Å². The Hall–Kier alpha value is -6.15. The van der Waals surface area contributed by atoms with E-state index in [2.05, 4.69) is 55.8 Å². The Morgan fingerprint density at radius 1 is 0.712 bits per heavy atom. The molecule has 3 aliphatic heterocycles. The first-order valence-corrected chi connectivity index (χ1v) is 16.0. The lowest BCUT2D eigenvalue weighted by Gasteiger charge is -2.21. The quantitative estimate of drug-likeness (QED) is 0.0632. The highest BCUT2D eigenvalue weighted by atomic mass is 16.7. The molecule has 0 aliphatic carbocycles. The summed E-state index contributed by atoms with van der Waals surface area (Å²) in [6, 6.07) is -0.432.